The van der Waals surface area contributed by atoms with Crippen LogP contribution in [-0.2, 0) is 16.1 Å². The summed E-state index contributed by atoms with van der Waals surface area (Å²) in [7, 11) is 1.68. The van der Waals surface area contributed by atoms with Crippen molar-refractivity contribution in [1.82, 2.24) is 15.3 Å². The molecule has 12 heteroatoms. The number of aromatic nitrogens is 2. The molecule has 3 N–H and O–H groups in total. The number of rotatable bonds is 8. The van der Waals surface area contributed by atoms with Gasteiger partial charge >= 0.3 is 6.03 Å². The fraction of sp³-hybridized carbons (Fsp3) is 0.275. The summed E-state index contributed by atoms with van der Waals surface area (Å²) in [6.07, 6.45) is 14.3. The number of amides is 4. The Morgan fingerprint density at radius 3 is 2.63 bits per heavy atom. The second-order valence-corrected chi connectivity index (χ2v) is 13.1. The van der Waals surface area contributed by atoms with Crippen LogP contribution in [0.2, 0.25) is 0 Å². The van der Waals surface area contributed by atoms with Gasteiger partial charge in [0.2, 0.25) is 11.9 Å². The topological polar surface area (TPSA) is 144 Å². The monoisotopic (exact) mass is 697 g/mol. The number of fused-ring (bicyclic) bond motifs is 1. The van der Waals surface area contributed by atoms with E-state index < -0.39 is 11.9 Å². The average molecular weight is 698 g/mol. The van der Waals surface area contributed by atoms with Crippen molar-refractivity contribution in [3.63, 3.8) is 0 Å². The van der Waals surface area contributed by atoms with E-state index >= 15 is 0 Å². The maximum atomic E-state index is 13.7. The lowest BCUT2D eigenvalue weighted by Gasteiger charge is -2.35. The molecule has 6 rings (SSSR count). The van der Waals surface area contributed by atoms with Crippen LogP contribution >= 0.6 is 0 Å². The minimum atomic E-state index is -0.608. The summed E-state index contributed by atoms with van der Waals surface area (Å²) >= 11 is 0. The molecule has 0 saturated carbocycles. The van der Waals surface area contributed by atoms with Gasteiger partial charge in [-0.1, -0.05) is 62.7 Å². The van der Waals surface area contributed by atoms with Crippen molar-refractivity contribution in [2.24, 2.45) is 15.9 Å². The summed E-state index contributed by atoms with van der Waals surface area (Å²) in [6.45, 7) is 8.19. The van der Waals surface area contributed by atoms with E-state index in [2.05, 4.69) is 30.9 Å². The molecule has 0 spiro atoms. The zero-order chi connectivity index (χ0) is 36.8. The van der Waals surface area contributed by atoms with Crippen molar-refractivity contribution in [3.8, 4) is 0 Å². The fourth-order valence-electron chi connectivity index (χ4n) is 6.00. The molecule has 1 unspecified atom stereocenters. The van der Waals surface area contributed by atoms with Gasteiger partial charge in [0.1, 0.15) is 11.9 Å². The minimum Gasteiger partial charge on any atom is -0.331 e. The smallest absolute Gasteiger partial charge is 0.330 e. The van der Waals surface area contributed by atoms with Crippen LogP contribution in [0.1, 0.15) is 56.7 Å². The van der Waals surface area contributed by atoms with Gasteiger partial charge in [-0.15, -0.1) is 0 Å². The molecule has 0 bridgehead atoms. The average Bonchev–Trinajstić information content (AvgIpc) is 3.19. The molecule has 4 heterocycles. The molecule has 0 saturated heterocycles. The summed E-state index contributed by atoms with van der Waals surface area (Å²) in [4.78, 5) is 62.3. The molecule has 0 radical (unpaired) electrons. The Labute approximate surface area is 303 Å². The van der Waals surface area contributed by atoms with E-state index in [1.54, 1.807) is 54.7 Å². The van der Waals surface area contributed by atoms with Gasteiger partial charge < -0.3 is 16.0 Å². The highest BCUT2D eigenvalue weighted by atomic mass is 16.2. The van der Waals surface area contributed by atoms with Crippen molar-refractivity contribution in [2.75, 3.05) is 27.5 Å². The van der Waals surface area contributed by atoms with E-state index in [0.717, 1.165) is 47.4 Å². The number of urea groups is 1. The van der Waals surface area contributed by atoms with Crippen LogP contribution in [0.25, 0.3) is 0 Å². The second kappa shape index (κ2) is 15.8. The zero-order valence-electron chi connectivity index (χ0n) is 30.1. The Morgan fingerprint density at radius 1 is 1.08 bits per heavy atom. The quantitative estimate of drug-likeness (QED) is 0.235. The van der Waals surface area contributed by atoms with Gasteiger partial charge in [0.05, 0.1) is 17.9 Å². The number of nitrogens with one attached hydrogen (secondary N) is 3. The summed E-state index contributed by atoms with van der Waals surface area (Å²) in [5.41, 5.74) is 6.59. The molecule has 2 atom stereocenters. The highest BCUT2D eigenvalue weighted by molar-refractivity contribution is 6.11. The van der Waals surface area contributed by atoms with Crippen molar-refractivity contribution >= 4 is 52.4 Å². The maximum absolute atomic E-state index is 13.7. The third-order valence-corrected chi connectivity index (χ3v) is 9.31. The number of aryl methyl sites for hydroxylation is 1. The molecule has 12 nitrogen and oxygen atoms in total. The van der Waals surface area contributed by atoms with Gasteiger partial charge in [-0.05, 0) is 74.1 Å². The van der Waals surface area contributed by atoms with E-state index in [1.807, 2.05) is 70.2 Å². The zero-order valence-corrected chi connectivity index (χ0v) is 30.1. The molecule has 2 aromatic carbocycles. The lowest BCUT2D eigenvalue weighted by Crippen LogP contribution is -2.46. The largest absolute Gasteiger partial charge is 0.331 e. The molecule has 3 aliphatic rings. The van der Waals surface area contributed by atoms with E-state index in [1.165, 1.54) is 11.1 Å². The third-order valence-electron chi connectivity index (χ3n) is 9.31. The first kappa shape index (κ1) is 35.6. The number of hydrogen-bond donors (Lipinski definition) is 3. The van der Waals surface area contributed by atoms with Gasteiger partial charge in [-0.2, -0.15) is 4.98 Å². The number of nitrogens with zero attached hydrogens (tertiary/aromatic N) is 6. The minimum absolute atomic E-state index is 0.000960. The molecule has 3 aromatic rings. The molecular weight excluding hydrogens is 655 g/mol. The van der Waals surface area contributed by atoms with E-state index in [0.29, 0.717) is 34.4 Å². The fourth-order valence-corrected chi connectivity index (χ4v) is 6.00. The predicted molar refractivity (Wildman–Crippen MR) is 207 cm³/mol. The predicted octanol–water partition coefficient (Wildman–Crippen LogP) is 6.84. The number of hydrogen-bond acceptors (Lipinski definition) is 8. The van der Waals surface area contributed by atoms with Gasteiger partial charge in [0.25, 0.3) is 5.91 Å². The van der Waals surface area contributed by atoms with E-state index in [-0.39, 0.29) is 24.4 Å². The first-order valence-corrected chi connectivity index (χ1v) is 17.4. The van der Waals surface area contributed by atoms with Crippen LogP contribution in [-0.4, -0.2) is 52.3 Å². The Balaban J connectivity index is 1.22. The molecule has 1 aromatic heterocycles. The molecule has 4 amide bonds. The Kier molecular flexibility index (Phi) is 10.8. The SMILES string of the molecule is CCC(C)[C@H]1N=C(c2ccccc2)/C=C/C=C(C(=O)Nc2ccc(C)c(N3Cc4cnc(NC5=CN=C(C)CC5)nc4N(C)C3=O)c2)\C=C\NC1=O. The van der Waals surface area contributed by atoms with Crippen molar-refractivity contribution < 1.29 is 14.4 Å². The van der Waals surface area contributed by atoms with Gasteiger partial charge in [-0.25, -0.2) is 9.78 Å². The maximum Gasteiger partial charge on any atom is 0.330 e. The Bertz CT molecular complexity index is 2060. The van der Waals surface area contributed by atoms with E-state index in [9.17, 15) is 14.4 Å². The second-order valence-electron chi connectivity index (χ2n) is 13.1. The lowest BCUT2D eigenvalue weighted by molar-refractivity contribution is -0.122. The number of aliphatic imine (C=N–C) groups is 2. The van der Waals surface area contributed by atoms with Crippen molar-refractivity contribution in [2.45, 2.75) is 59.5 Å². The molecule has 52 heavy (non-hydrogen) atoms. The molecular formula is C40H43N9O3. The van der Waals surface area contributed by atoms with Crippen molar-refractivity contribution in [1.29, 1.82) is 0 Å². The van der Waals surface area contributed by atoms with Crippen LogP contribution in [0.3, 0.4) is 0 Å². The summed E-state index contributed by atoms with van der Waals surface area (Å²) in [6, 6.07) is 14.2. The third kappa shape index (κ3) is 8.07. The highest BCUT2D eigenvalue weighted by Crippen LogP contribution is 2.33. The summed E-state index contributed by atoms with van der Waals surface area (Å²) in [5, 5.41) is 9.02. The highest BCUT2D eigenvalue weighted by Gasteiger charge is 2.32. The summed E-state index contributed by atoms with van der Waals surface area (Å²) in [5.74, 6) is 0.286. The Morgan fingerprint density at radius 2 is 1.88 bits per heavy atom. The van der Waals surface area contributed by atoms with Crippen LogP contribution < -0.4 is 25.8 Å². The van der Waals surface area contributed by atoms with Crippen LogP contribution in [0, 0.1) is 12.8 Å². The molecule has 3 aliphatic heterocycles. The van der Waals surface area contributed by atoms with E-state index in [4.69, 9.17) is 4.99 Å². The number of anilines is 4. The van der Waals surface area contributed by atoms with Crippen molar-refractivity contribution in [3.05, 3.63) is 119 Å². The van der Waals surface area contributed by atoms with Crippen LogP contribution in [0.4, 0.5) is 27.9 Å². The molecule has 266 valence electrons. The summed E-state index contributed by atoms with van der Waals surface area (Å²) < 4.78 is 0. The molecule has 0 fully saturated rings. The standard InChI is InChI=1S/C40H43N9O3/c1-6-25(2)35-38(51)41-20-19-29(13-10-14-33(46-35)28-11-8-7-9-12-28)37(50)44-31-17-15-26(3)34(21-31)49-24-30-22-43-39(47-36(30)48(5)40(49)52)45-32-18-16-27(4)42-23-32/h7-15,17,19-23,25,35H,6,16,18,24H2,1-5H3,(H,41,51)(H,44,50)(H,43,45,47)/b14-10+,20-19+,29-13+,46-33?/t25?,35-/m1/s1. The van der Waals surface area contributed by atoms with Crippen LogP contribution in [0.15, 0.2) is 113 Å². The van der Waals surface area contributed by atoms with Gasteiger partial charge in [-0.3, -0.25) is 29.4 Å². The van der Waals surface area contributed by atoms with Gasteiger partial charge in [0.15, 0.2) is 0 Å². The number of carbonyl (C=O) groups is 3. The number of carbonyl (C=O) groups excluding carboxylic acids is 3. The number of allylic oxidation sites excluding steroid dienone is 4. The first-order valence-electron chi connectivity index (χ1n) is 17.4. The van der Waals surface area contributed by atoms with Gasteiger partial charge in [0, 0.05) is 53.9 Å². The lowest BCUT2D eigenvalue weighted by atomic mass is 9.98. The molecule has 0 aliphatic carbocycles. The first-order chi connectivity index (χ1) is 25.1. The number of benzene rings is 2. The van der Waals surface area contributed by atoms with Crippen LogP contribution in [0.5, 0.6) is 0 Å². The normalized spacial score (nSPS) is 20.4. The Hall–Kier alpha value is -6.17.